The van der Waals surface area contributed by atoms with Crippen LogP contribution in [0.2, 0.25) is 0 Å². The molecule has 0 saturated heterocycles. The number of allylic oxidation sites excluding steroid dienone is 3. The Morgan fingerprint density at radius 2 is 0.951 bits per heavy atom. The SMILES string of the molecule is CCCCCCCCCC/C=C/C(O)C(COP(=O)(O)OC1C(O)C(O)C(O)C(O)C1O)NC(=O)CC(O)CCCCCCC/C=C\CCCCCCCCCCCCCC. The molecule has 14 heteroatoms. The van der Waals surface area contributed by atoms with Gasteiger partial charge in [-0.25, -0.2) is 4.57 Å². The van der Waals surface area contributed by atoms with E-state index in [4.69, 9.17) is 9.05 Å². The van der Waals surface area contributed by atoms with Gasteiger partial charge in [0.05, 0.1) is 31.3 Å². The van der Waals surface area contributed by atoms with Gasteiger partial charge in [0.25, 0.3) is 0 Å². The number of hydrogen-bond donors (Lipinski definition) is 9. The molecule has 1 saturated carbocycles. The molecular weight excluding hydrogens is 801 g/mol. The maximum absolute atomic E-state index is 13.0. The molecule has 1 aliphatic carbocycles. The molecule has 1 amide bonds. The minimum absolute atomic E-state index is 0.249. The van der Waals surface area contributed by atoms with E-state index in [1.54, 1.807) is 6.08 Å². The Hall–Kier alpha value is -1.22. The van der Waals surface area contributed by atoms with Gasteiger partial charge in [-0.15, -0.1) is 0 Å². The molecule has 8 unspecified atom stereocenters. The van der Waals surface area contributed by atoms with E-state index >= 15 is 0 Å². The van der Waals surface area contributed by atoms with Gasteiger partial charge in [0.2, 0.25) is 5.91 Å². The van der Waals surface area contributed by atoms with Crippen LogP contribution in [0, 0.1) is 0 Å². The minimum Gasteiger partial charge on any atom is -0.393 e. The number of unbranched alkanes of at least 4 members (excludes halogenated alkanes) is 25. The molecule has 1 rings (SSSR count). The summed E-state index contributed by atoms with van der Waals surface area (Å²) in [7, 11) is -5.14. The highest BCUT2D eigenvalue weighted by molar-refractivity contribution is 7.47. The van der Waals surface area contributed by atoms with Gasteiger partial charge in [0.1, 0.15) is 36.6 Å². The van der Waals surface area contributed by atoms with E-state index in [1.807, 2.05) is 0 Å². The molecule has 0 heterocycles. The molecule has 0 aliphatic heterocycles. The van der Waals surface area contributed by atoms with Crippen LogP contribution in [0.5, 0.6) is 0 Å². The number of nitrogens with one attached hydrogen (secondary N) is 1. The lowest BCUT2D eigenvalue weighted by Gasteiger charge is -2.41. The van der Waals surface area contributed by atoms with Crippen LogP contribution in [0.15, 0.2) is 24.3 Å². The number of aliphatic hydroxyl groups excluding tert-OH is 7. The Morgan fingerprint density at radius 3 is 1.39 bits per heavy atom. The number of aliphatic hydroxyl groups is 7. The number of hydrogen-bond acceptors (Lipinski definition) is 11. The molecule has 0 aromatic carbocycles. The van der Waals surface area contributed by atoms with Crippen LogP contribution in [-0.2, 0) is 18.4 Å². The highest BCUT2D eigenvalue weighted by atomic mass is 31.2. The first kappa shape index (κ1) is 57.8. The van der Waals surface area contributed by atoms with Crippen LogP contribution >= 0.6 is 7.82 Å². The van der Waals surface area contributed by atoms with Gasteiger partial charge in [-0.2, -0.15) is 0 Å². The fraction of sp³-hybridized carbons (Fsp3) is 0.894. The second-order valence-electron chi connectivity index (χ2n) is 17.5. The summed E-state index contributed by atoms with van der Waals surface area (Å²) >= 11 is 0. The molecular formula is C47H90NO12P. The van der Waals surface area contributed by atoms with Crippen molar-refractivity contribution in [3.8, 4) is 0 Å². The summed E-state index contributed by atoms with van der Waals surface area (Å²) in [4.78, 5) is 23.4. The number of carbonyl (C=O) groups excluding carboxylic acids is 1. The van der Waals surface area contributed by atoms with Gasteiger partial charge >= 0.3 is 7.82 Å². The summed E-state index contributed by atoms with van der Waals surface area (Å²) < 4.78 is 22.8. The van der Waals surface area contributed by atoms with E-state index in [1.165, 1.54) is 115 Å². The van der Waals surface area contributed by atoms with Crippen LogP contribution < -0.4 is 5.32 Å². The topological polar surface area (TPSA) is 226 Å². The third-order valence-electron chi connectivity index (χ3n) is 11.8. The Labute approximate surface area is 369 Å². The first-order valence-electron chi connectivity index (χ1n) is 24.4. The molecule has 0 aromatic heterocycles. The Bertz CT molecular complexity index is 1140. The summed E-state index contributed by atoms with van der Waals surface area (Å²) in [6, 6.07) is -1.24. The first-order valence-corrected chi connectivity index (χ1v) is 25.9. The molecule has 61 heavy (non-hydrogen) atoms. The molecule has 9 N–H and O–H groups in total. The molecule has 1 aliphatic rings. The Kier molecular flexibility index (Phi) is 35.1. The zero-order valence-electron chi connectivity index (χ0n) is 38.1. The Balaban J connectivity index is 2.43. The van der Waals surface area contributed by atoms with Crippen molar-refractivity contribution in [2.24, 2.45) is 0 Å². The maximum Gasteiger partial charge on any atom is 0.472 e. The summed E-state index contributed by atoms with van der Waals surface area (Å²) in [6.45, 7) is 3.71. The van der Waals surface area contributed by atoms with Gasteiger partial charge in [-0.1, -0.05) is 179 Å². The van der Waals surface area contributed by atoms with E-state index in [2.05, 4.69) is 31.3 Å². The van der Waals surface area contributed by atoms with Gasteiger partial charge in [-0.05, 0) is 44.9 Å². The molecule has 13 nitrogen and oxygen atoms in total. The standard InChI is InChI=1S/C47H90NO12P/c1-3-5-7-9-11-13-15-16-17-18-19-20-21-22-23-24-25-26-28-30-32-34-38(49)36-41(51)48-39(40(50)35-33-31-29-27-14-12-10-8-6-4-2)37-59-61(57,58)60-47-45(55)43(53)42(52)44(54)46(47)56/h22-23,33,35,38-40,42-47,49-50,52-56H,3-21,24-32,34,36-37H2,1-2H3,(H,48,51)(H,57,58)/b23-22-,35-33+. The van der Waals surface area contributed by atoms with Crippen molar-refractivity contribution in [1.82, 2.24) is 5.32 Å². The number of amides is 1. The second-order valence-corrected chi connectivity index (χ2v) is 18.9. The lowest BCUT2D eigenvalue weighted by atomic mass is 9.85. The third kappa shape index (κ3) is 29.0. The number of rotatable bonds is 40. The molecule has 8 atom stereocenters. The smallest absolute Gasteiger partial charge is 0.393 e. The van der Waals surface area contributed by atoms with Crippen LogP contribution in [-0.4, -0.2) is 108 Å². The molecule has 1 fully saturated rings. The maximum atomic E-state index is 13.0. The van der Waals surface area contributed by atoms with Crippen LogP contribution in [0.25, 0.3) is 0 Å². The minimum atomic E-state index is -5.14. The van der Waals surface area contributed by atoms with Crippen molar-refractivity contribution in [2.45, 2.75) is 261 Å². The molecule has 0 bridgehead atoms. The zero-order chi connectivity index (χ0) is 45.1. The van der Waals surface area contributed by atoms with E-state index in [0.717, 1.165) is 64.2 Å². The predicted octanol–water partition coefficient (Wildman–Crippen LogP) is 8.37. The number of phosphoric acid groups is 1. The van der Waals surface area contributed by atoms with Gasteiger partial charge in [0, 0.05) is 0 Å². The average molecular weight is 892 g/mol. The first-order chi connectivity index (χ1) is 29.3. The van der Waals surface area contributed by atoms with Gasteiger partial charge < -0.3 is 46.0 Å². The fourth-order valence-electron chi connectivity index (χ4n) is 7.76. The van der Waals surface area contributed by atoms with Crippen molar-refractivity contribution in [2.75, 3.05) is 6.61 Å². The van der Waals surface area contributed by atoms with Crippen molar-refractivity contribution in [3.05, 3.63) is 24.3 Å². The van der Waals surface area contributed by atoms with Crippen molar-refractivity contribution >= 4 is 13.7 Å². The number of phosphoric ester groups is 1. The van der Waals surface area contributed by atoms with Gasteiger partial charge in [-0.3, -0.25) is 13.8 Å². The summed E-state index contributed by atoms with van der Waals surface area (Å²) in [6.07, 6.45) is 27.2. The van der Waals surface area contributed by atoms with E-state index in [-0.39, 0.29) is 6.42 Å². The zero-order valence-corrected chi connectivity index (χ0v) is 39.0. The van der Waals surface area contributed by atoms with E-state index in [0.29, 0.717) is 12.8 Å². The van der Waals surface area contributed by atoms with E-state index in [9.17, 15) is 50.0 Å². The third-order valence-corrected chi connectivity index (χ3v) is 12.8. The summed E-state index contributed by atoms with van der Waals surface area (Å²) in [5.74, 6) is -0.598. The lowest BCUT2D eigenvalue weighted by Crippen LogP contribution is -2.64. The predicted molar refractivity (Wildman–Crippen MR) is 243 cm³/mol. The molecule has 360 valence electrons. The molecule has 0 spiro atoms. The quantitative estimate of drug-likeness (QED) is 0.0161. The average Bonchev–Trinajstić information content (AvgIpc) is 3.23. The summed E-state index contributed by atoms with van der Waals surface area (Å²) in [5, 5.41) is 74.4. The summed E-state index contributed by atoms with van der Waals surface area (Å²) in [5.41, 5.74) is 0. The van der Waals surface area contributed by atoms with Crippen LogP contribution in [0.3, 0.4) is 0 Å². The van der Waals surface area contributed by atoms with Crippen LogP contribution in [0.4, 0.5) is 0 Å². The largest absolute Gasteiger partial charge is 0.472 e. The van der Waals surface area contributed by atoms with Crippen molar-refractivity contribution in [1.29, 1.82) is 0 Å². The van der Waals surface area contributed by atoms with Crippen molar-refractivity contribution < 1.29 is 59.0 Å². The van der Waals surface area contributed by atoms with E-state index < -0.39 is 75.2 Å². The lowest BCUT2D eigenvalue weighted by molar-refractivity contribution is -0.220. The second kappa shape index (κ2) is 37.0. The van der Waals surface area contributed by atoms with Gasteiger partial charge in [0.15, 0.2) is 0 Å². The van der Waals surface area contributed by atoms with Crippen molar-refractivity contribution in [3.63, 3.8) is 0 Å². The monoisotopic (exact) mass is 892 g/mol. The highest BCUT2D eigenvalue weighted by Crippen LogP contribution is 2.47. The fourth-order valence-corrected chi connectivity index (χ4v) is 8.73. The molecule has 0 aromatic rings. The number of carbonyl (C=O) groups is 1. The van der Waals surface area contributed by atoms with Crippen LogP contribution in [0.1, 0.15) is 206 Å². The Morgan fingerprint density at radius 1 is 0.574 bits per heavy atom. The highest BCUT2D eigenvalue weighted by Gasteiger charge is 2.51. The molecule has 0 radical (unpaired) electrons. The normalized spacial score (nSPS) is 23.4.